The van der Waals surface area contributed by atoms with Gasteiger partial charge in [0.2, 0.25) is 0 Å². The quantitative estimate of drug-likeness (QED) is 0.747. The Morgan fingerprint density at radius 3 is 3.06 bits per heavy atom. The third-order valence-corrected chi connectivity index (χ3v) is 3.85. The van der Waals surface area contributed by atoms with Gasteiger partial charge in [0, 0.05) is 6.54 Å². The number of benzene rings is 1. The fourth-order valence-electron chi connectivity index (χ4n) is 2.60. The molecule has 18 heavy (non-hydrogen) atoms. The van der Waals surface area contributed by atoms with Crippen molar-refractivity contribution in [3.05, 3.63) is 29.1 Å². The van der Waals surface area contributed by atoms with Crippen molar-refractivity contribution < 1.29 is 4.74 Å². The van der Waals surface area contributed by atoms with Crippen LogP contribution in [-0.4, -0.2) is 34.7 Å². The highest BCUT2D eigenvalue weighted by Gasteiger charge is 2.25. The fourth-order valence-corrected chi connectivity index (χ4v) is 2.60. The standard InChI is InChI=1S/C13H18N4O/c1-8-9(2)13-11(15-7-16-13)5-10(8)12-6-18-4-3-17(12)14/h5,7,12H,3-4,6,14H2,1-2H3,(H,15,16). The molecular weight excluding hydrogens is 228 g/mol. The molecule has 1 aliphatic rings. The maximum atomic E-state index is 6.08. The van der Waals surface area contributed by atoms with Crippen LogP contribution in [0.2, 0.25) is 0 Å². The number of fused-ring (bicyclic) bond motifs is 1. The van der Waals surface area contributed by atoms with Gasteiger partial charge in [0.15, 0.2) is 0 Å². The van der Waals surface area contributed by atoms with E-state index in [1.807, 2.05) is 5.01 Å². The molecular formula is C13H18N4O. The number of hydrogen-bond donors (Lipinski definition) is 2. The molecule has 1 unspecified atom stereocenters. The number of nitrogens with two attached hydrogens (primary N) is 1. The van der Waals surface area contributed by atoms with Gasteiger partial charge in [0.05, 0.1) is 36.6 Å². The summed E-state index contributed by atoms with van der Waals surface area (Å²) in [6, 6.07) is 2.27. The lowest BCUT2D eigenvalue weighted by molar-refractivity contribution is -0.00914. The van der Waals surface area contributed by atoms with E-state index in [9.17, 15) is 0 Å². The van der Waals surface area contributed by atoms with Crippen molar-refractivity contribution in [2.24, 2.45) is 5.84 Å². The van der Waals surface area contributed by atoms with Gasteiger partial charge in [-0.25, -0.2) is 9.99 Å². The van der Waals surface area contributed by atoms with Crippen LogP contribution in [0, 0.1) is 13.8 Å². The number of aromatic nitrogens is 2. The topological polar surface area (TPSA) is 67.2 Å². The molecule has 96 valence electrons. The molecule has 0 saturated carbocycles. The molecule has 0 radical (unpaired) electrons. The van der Waals surface area contributed by atoms with E-state index in [1.165, 1.54) is 16.7 Å². The highest BCUT2D eigenvalue weighted by atomic mass is 16.5. The van der Waals surface area contributed by atoms with Gasteiger partial charge >= 0.3 is 0 Å². The summed E-state index contributed by atoms with van der Waals surface area (Å²) in [5.74, 6) is 6.08. The first kappa shape index (κ1) is 11.6. The number of nitrogens with zero attached hydrogens (tertiary/aromatic N) is 2. The van der Waals surface area contributed by atoms with Crippen molar-refractivity contribution in [3.63, 3.8) is 0 Å². The average molecular weight is 246 g/mol. The van der Waals surface area contributed by atoms with Crippen LogP contribution in [0.15, 0.2) is 12.4 Å². The molecule has 1 atom stereocenters. The Bertz CT molecular complexity index is 578. The second-order valence-electron chi connectivity index (χ2n) is 4.84. The Balaban J connectivity index is 2.13. The van der Waals surface area contributed by atoms with Crippen LogP contribution in [0.5, 0.6) is 0 Å². The summed E-state index contributed by atoms with van der Waals surface area (Å²) >= 11 is 0. The first-order valence-electron chi connectivity index (χ1n) is 6.20. The van der Waals surface area contributed by atoms with Crippen molar-refractivity contribution in [3.8, 4) is 0 Å². The van der Waals surface area contributed by atoms with Gasteiger partial charge in [-0.05, 0) is 36.6 Å². The molecule has 0 spiro atoms. The predicted molar refractivity (Wildman–Crippen MR) is 70.0 cm³/mol. The van der Waals surface area contributed by atoms with Gasteiger partial charge in [0.25, 0.3) is 0 Å². The zero-order chi connectivity index (χ0) is 12.7. The Labute approximate surface area is 106 Å². The number of ether oxygens (including phenoxy) is 1. The number of imidazole rings is 1. The van der Waals surface area contributed by atoms with Gasteiger partial charge in [-0.15, -0.1) is 0 Å². The van der Waals surface area contributed by atoms with E-state index in [0.717, 1.165) is 17.6 Å². The summed E-state index contributed by atoms with van der Waals surface area (Å²) in [7, 11) is 0. The molecule has 0 aliphatic carbocycles. The van der Waals surface area contributed by atoms with Crippen molar-refractivity contribution >= 4 is 11.0 Å². The van der Waals surface area contributed by atoms with Crippen LogP contribution < -0.4 is 5.84 Å². The first-order chi connectivity index (χ1) is 8.68. The van der Waals surface area contributed by atoms with E-state index in [0.29, 0.717) is 13.2 Å². The normalized spacial score (nSPS) is 21.6. The molecule has 2 heterocycles. The number of hydrazine groups is 1. The Morgan fingerprint density at radius 2 is 2.28 bits per heavy atom. The fraction of sp³-hybridized carbons (Fsp3) is 0.462. The van der Waals surface area contributed by atoms with Crippen molar-refractivity contribution in [1.82, 2.24) is 15.0 Å². The molecule has 0 bridgehead atoms. The Kier molecular flexibility index (Phi) is 2.81. The summed E-state index contributed by atoms with van der Waals surface area (Å²) in [6.07, 6.45) is 1.73. The maximum Gasteiger partial charge on any atom is 0.0931 e. The second kappa shape index (κ2) is 4.35. The van der Waals surface area contributed by atoms with Gasteiger partial charge in [-0.1, -0.05) is 0 Å². The van der Waals surface area contributed by atoms with E-state index in [-0.39, 0.29) is 6.04 Å². The zero-order valence-electron chi connectivity index (χ0n) is 10.7. The van der Waals surface area contributed by atoms with Crippen LogP contribution >= 0.6 is 0 Å². The summed E-state index contributed by atoms with van der Waals surface area (Å²) in [6.45, 7) is 6.35. The number of rotatable bonds is 1. The van der Waals surface area contributed by atoms with Crippen LogP contribution in [0.3, 0.4) is 0 Å². The summed E-state index contributed by atoms with van der Waals surface area (Å²) < 4.78 is 5.55. The molecule has 0 amide bonds. The lowest BCUT2D eigenvalue weighted by Gasteiger charge is -2.33. The van der Waals surface area contributed by atoms with Gasteiger partial charge in [0.1, 0.15) is 0 Å². The summed E-state index contributed by atoms with van der Waals surface area (Å²) in [5, 5.41) is 1.87. The van der Waals surface area contributed by atoms with Gasteiger partial charge in [-0.2, -0.15) is 0 Å². The van der Waals surface area contributed by atoms with Gasteiger partial charge in [-0.3, -0.25) is 5.84 Å². The van der Waals surface area contributed by atoms with Crippen molar-refractivity contribution in [2.75, 3.05) is 19.8 Å². The summed E-state index contributed by atoms with van der Waals surface area (Å²) in [5.41, 5.74) is 5.79. The Morgan fingerprint density at radius 1 is 1.44 bits per heavy atom. The molecule has 1 aromatic carbocycles. The molecule has 1 aliphatic heterocycles. The van der Waals surface area contributed by atoms with Crippen LogP contribution in [0.1, 0.15) is 22.7 Å². The lowest BCUT2D eigenvalue weighted by atomic mass is 9.95. The molecule has 3 N–H and O–H groups in total. The number of morpholine rings is 1. The van der Waals surface area contributed by atoms with Crippen molar-refractivity contribution in [1.29, 1.82) is 0 Å². The molecule has 1 saturated heterocycles. The number of nitrogens with one attached hydrogen (secondary N) is 1. The summed E-state index contributed by atoms with van der Waals surface area (Å²) in [4.78, 5) is 7.52. The Hall–Kier alpha value is -1.43. The smallest absolute Gasteiger partial charge is 0.0931 e. The molecule has 2 aromatic rings. The molecule has 1 aromatic heterocycles. The predicted octanol–water partition coefficient (Wildman–Crippen LogP) is 1.43. The van der Waals surface area contributed by atoms with Crippen molar-refractivity contribution in [2.45, 2.75) is 19.9 Å². The zero-order valence-corrected chi connectivity index (χ0v) is 10.7. The third kappa shape index (κ3) is 1.71. The molecule has 5 nitrogen and oxygen atoms in total. The van der Waals surface area contributed by atoms with E-state index in [2.05, 4.69) is 29.9 Å². The highest BCUT2D eigenvalue weighted by molar-refractivity contribution is 5.80. The maximum absolute atomic E-state index is 6.08. The minimum atomic E-state index is 0.130. The minimum absolute atomic E-state index is 0.130. The van der Waals surface area contributed by atoms with Crippen LogP contribution in [0.4, 0.5) is 0 Å². The first-order valence-corrected chi connectivity index (χ1v) is 6.20. The highest BCUT2D eigenvalue weighted by Crippen LogP contribution is 2.30. The third-order valence-electron chi connectivity index (χ3n) is 3.85. The van der Waals surface area contributed by atoms with Gasteiger partial charge < -0.3 is 9.72 Å². The monoisotopic (exact) mass is 246 g/mol. The second-order valence-corrected chi connectivity index (χ2v) is 4.84. The number of aryl methyl sites for hydroxylation is 1. The van der Waals surface area contributed by atoms with E-state index in [1.54, 1.807) is 6.33 Å². The number of H-pyrrole nitrogens is 1. The largest absolute Gasteiger partial charge is 0.378 e. The lowest BCUT2D eigenvalue weighted by Crippen LogP contribution is -2.44. The van der Waals surface area contributed by atoms with Crippen LogP contribution in [-0.2, 0) is 4.74 Å². The number of hydrogen-bond acceptors (Lipinski definition) is 4. The van der Waals surface area contributed by atoms with Crippen LogP contribution in [0.25, 0.3) is 11.0 Å². The molecule has 1 fully saturated rings. The van der Waals surface area contributed by atoms with E-state index >= 15 is 0 Å². The molecule has 5 heteroatoms. The minimum Gasteiger partial charge on any atom is -0.378 e. The average Bonchev–Trinajstić information content (AvgIpc) is 2.83. The van der Waals surface area contributed by atoms with E-state index < -0.39 is 0 Å². The van der Waals surface area contributed by atoms with E-state index in [4.69, 9.17) is 10.6 Å². The SMILES string of the molecule is Cc1c(C2COCCN2N)cc2[nH]cnc2c1C. The molecule has 3 rings (SSSR count). The number of aromatic amines is 1.